The Balaban J connectivity index is 3.24. The number of benzene rings is 1. The molecule has 0 atom stereocenters. The monoisotopic (exact) mass is 240 g/mol. The van der Waals surface area contributed by atoms with E-state index in [1.54, 1.807) is 6.07 Å². The third-order valence-electron chi connectivity index (χ3n) is 1.53. The van der Waals surface area contributed by atoms with Gasteiger partial charge in [-0.2, -0.15) is 13.2 Å². The first-order valence-electron chi connectivity index (χ1n) is 3.61. The highest BCUT2D eigenvalue weighted by Crippen LogP contribution is 2.39. The number of allylic oxidation sites excluding steroid dienone is 1. The Morgan fingerprint density at radius 2 is 1.64 bits per heavy atom. The van der Waals surface area contributed by atoms with Gasteiger partial charge in [-0.1, -0.05) is 41.9 Å². The van der Waals surface area contributed by atoms with Crippen LogP contribution in [0.1, 0.15) is 5.56 Å². The molecule has 0 spiro atoms. The van der Waals surface area contributed by atoms with Gasteiger partial charge in [0, 0.05) is 0 Å². The Kier molecular flexibility index (Phi) is 3.45. The number of alkyl halides is 3. The first-order valence-corrected chi connectivity index (χ1v) is 4.36. The number of rotatable bonds is 2. The highest BCUT2D eigenvalue weighted by atomic mass is 35.5. The summed E-state index contributed by atoms with van der Waals surface area (Å²) in [5.41, 5.74) is -1.05. The predicted molar refractivity (Wildman–Crippen MR) is 51.1 cm³/mol. The Morgan fingerprint density at radius 3 is 2.00 bits per heavy atom. The van der Waals surface area contributed by atoms with Crippen molar-refractivity contribution in [1.82, 2.24) is 0 Å². The molecular weight excluding hydrogens is 236 g/mol. The van der Waals surface area contributed by atoms with Crippen LogP contribution in [0.25, 0.3) is 5.57 Å². The highest BCUT2D eigenvalue weighted by Gasteiger charge is 2.35. The van der Waals surface area contributed by atoms with Gasteiger partial charge in [-0.05, 0) is 17.2 Å². The lowest BCUT2D eigenvalue weighted by atomic mass is 10.1. The van der Waals surface area contributed by atoms with E-state index in [4.69, 9.17) is 23.2 Å². The quantitative estimate of drug-likeness (QED) is 0.673. The molecule has 0 aliphatic rings. The number of hydrogen-bond donors (Lipinski definition) is 0. The molecule has 0 amide bonds. The summed E-state index contributed by atoms with van der Waals surface area (Å²) in [5.74, 6) is 0. The van der Waals surface area contributed by atoms with Crippen LogP contribution in [-0.2, 0) is 0 Å². The second kappa shape index (κ2) is 4.24. The van der Waals surface area contributed by atoms with Crippen LogP contribution in [0.4, 0.5) is 13.2 Å². The molecule has 0 unspecified atom stereocenters. The minimum absolute atomic E-state index is 0.0417. The molecule has 76 valence electrons. The molecule has 0 fully saturated rings. The van der Waals surface area contributed by atoms with Crippen molar-refractivity contribution in [3.63, 3.8) is 0 Å². The van der Waals surface area contributed by atoms with Crippen molar-refractivity contribution in [2.24, 2.45) is 0 Å². The van der Waals surface area contributed by atoms with Crippen LogP contribution < -0.4 is 0 Å². The normalized spacial score (nSPS) is 13.8. The van der Waals surface area contributed by atoms with Gasteiger partial charge in [-0.25, -0.2) is 0 Å². The summed E-state index contributed by atoms with van der Waals surface area (Å²) in [6.45, 7) is 0. The van der Waals surface area contributed by atoms with Crippen LogP contribution in [0, 0.1) is 0 Å². The predicted octanol–water partition coefficient (Wildman–Crippen LogP) is 4.40. The van der Waals surface area contributed by atoms with Gasteiger partial charge >= 0.3 is 5.38 Å². The first kappa shape index (κ1) is 11.4. The molecule has 1 aromatic rings. The van der Waals surface area contributed by atoms with E-state index < -0.39 is 16.2 Å². The van der Waals surface area contributed by atoms with Crippen molar-refractivity contribution in [3.8, 4) is 0 Å². The zero-order chi connectivity index (χ0) is 10.8. The van der Waals surface area contributed by atoms with Gasteiger partial charge in [0.25, 0.3) is 0 Å². The summed E-state index contributed by atoms with van der Waals surface area (Å²) in [6, 6.07) is 7.18. The van der Waals surface area contributed by atoms with Crippen LogP contribution in [-0.4, -0.2) is 5.38 Å². The molecule has 1 aromatic carbocycles. The lowest BCUT2D eigenvalue weighted by Crippen LogP contribution is -2.09. The van der Waals surface area contributed by atoms with Crippen LogP contribution in [0.2, 0.25) is 0 Å². The third kappa shape index (κ3) is 2.66. The van der Waals surface area contributed by atoms with Gasteiger partial charge in [-0.3, -0.25) is 0 Å². The topological polar surface area (TPSA) is 0 Å². The lowest BCUT2D eigenvalue weighted by Gasteiger charge is -2.12. The minimum Gasteiger partial charge on any atom is -0.193 e. The van der Waals surface area contributed by atoms with E-state index in [0.717, 1.165) is 0 Å². The average Bonchev–Trinajstić information content (AvgIpc) is 2.02. The summed E-state index contributed by atoms with van der Waals surface area (Å²) in [5, 5.41) is -5.32. The molecule has 0 heterocycles. The Hall–Kier alpha value is -0.670. The fraction of sp³-hybridized carbons (Fsp3) is 0.111. The molecule has 0 aromatic heterocycles. The van der Waals surface area contributed by atoms with E-state index in [-0.39, 0.29) is 5.56 Å². The van der Waals surface area contributed by atoms with E-state index in [2.05, 4.69) is 0 Å². The largest absolute Gasteiger partial charge is 0.352 e. The number of hydrogen-bond acceptors (Lipinski definition) is 0. The van der Waals surface area contributed by atoms with Crippen molar-refractivity contribution in [2.45, 2.75) is 5.38 Å². The maximum atomic E-state index is 12.7. The van der Waals surface area contributed by atoms with Crippen LogP contribution in [0.5, 0.6) is 0 Å². The third-order valence-corrected chi connectivity index (χ3v) is 1.91. The second-order valence-corrected chi connectivity index (χ2v) is 3.31. The molecule has 0 N–H and O–H groups in total. The van der Waals surface area contributed by atoms with Gasteiger partial charge < -0.3 is 0 Å². The smallest absolute Gasteiger partial charge is 0.193 e. The Labute approximate surface area is 88.9 Å². The molecule has 0 radical (unpaired) electrons. The van der Waals surface area contributed by atoms with Gasteiger partial charge in [0.15, 0.2) is 5.29 Å². The molecule has 0 aliphatic carbocycles. The Bertz CT molecular complexity index is 337. The molecular formula is C9H5Cl2F3. The number of halogens is 5. The molecule has 0 saturated carbocycles. The van der Waals surface area contributed by atoms with E-state index in [9.17, 15) is 13.2 Å². The maximum Gasteiger partial charge on any atom is 0.352 e. The standard InChI is InChI=1S/C9H5Cl2F3/c10-8(12)7(9(11,13)14)6-4-2-1-3-5-6/h1-5H/b8-7-. The van der Waals surface area contributed by atoms with E-state index in [0.29, 0.717) is 0 Å². The van der Waals surface area contributed by atoms with Crippen molar-refractivity contribution >= 4 is 28.8 Å². The lowest BCUT2D eigenvalue weighted by molar-refractivity contribution is 0.163. The molecule has 0 bridgehead atoms. The van der Waals surface area contributed by atoms with Gasteiger partial charge in [0.05, 0.1) is 5.57 Å². The fourth-order valence-corrected chi connectivity index (χ4v) is 1.45. The molecule has 14 heavy (non-hydrogen) atoms. The van der Waals surface area contributed by atoms with Crippen LogP contribution in [0.3, 0.4) is 0 Å². The van der Waals surface area contributed by atoms with Gasteiger partial charge in [0.1, 0.15) is 0 Å². The van der Waals surface area contributed by atoms with E-state index in [1.807, 2.05) is 0 Å². The zero-order valence-electron chi connectivity index (χ0n) is 6.78. The van der Waals surface area contributed by atoms with Crippen molar-refractivity contribution < 1.29 is 13.2 Å². The Morgan fingerprint density at radius 1 is 1.14 bits per heavy atom. The van der Waals surface area contributed by atoms with Crippen molar-refractivity contribution in [1.29, 1.82) is 0 Å². The maximum absolute atomic E-state index is 12.7. The summed E-state index contributed by atoms with van der Waals surface area (Å²) in [4.78, 5) is 0. The zero-order valence-corrected chi connectivity index (χ0v) is 8.29. The second-order valence-electron chi connectivity index (χ2n) is 2.50. The summed E-state index contributed by atoms with van der Waals surface area (Å²) in [6.07, 6.45) is 0. The molecule has 1 rings (SSSR count). The van der Waals surface area contributed by atoms with Gasteiger partial charge in [0.2, 0.25) is 0 Å². The van der Waals surface area contributed by atoms with Crippen LogP contribution in [0.15, 0.2) is 35.6 Å². The summed E-state index contributed by atoms with van der Waals surface area (Å²) in [7, 11) is 0. The minimum atomic E-state index is -3.81. The van der Waals surface area contributed by atoms with Gasteiger partial charge in [-0.15, -0.1) is 0 Å². The molecule has 0 aliphatic heterocycles. The summed E-state index contributed by atoms with van der Waals surface area (Å²) >= 11 is 9.62. The molecule has 0 saturated heterocycles. The first-order chi connectivity index (χ1) is 6.43. The highest BCUT2D eigenvalue weighted by molar-refractivity contribution is 6.35. The van der Waals surface area contributed by atoms with Crippen LogP contribution >= 0.6 is 23.2 Å². The average molecular weight is 241 g/mol. The summed E-state index contributed by atoms with van der Waals surface area (Å²) < 4.78 is 38.0. The SMILES string of the molecule is F/C(Cl)=C(/c1ccccc1)C(F)(F)Cl. The fourth-order valence-electron chi connectivity index (χ4n) is 0.985. The van der Waals surface area contributed by atoms with E-state index >= 15 is 0 Å². The van der Waals surface area contributed by atoms with E-state index in [1.165, 1.54) is 24.3 Å². The molecule has 0 nitrogen and oxygen atoms in total. The molecule has 5 heteroatoms. The van der Waals surface area contributed by atoms with Crippen molar-refractivity contribution in [2.75, 3.05) is 0 Å². The van der Waals surface area contributed by atoms with Crippen molar-refractivity contribution in [3.05, 3.63) is 41.2 Å².